The molecule has 212 valence electrons. The monoisotopic (exact) mass is 564 g/mol. The van der Waals surface area contributed by atoms with Crippen molar-refractivity contribution in [3.63, 3.8) is 0 Å². The van der Waals surface area contributed by atoms with Crippen molar-refractivity contribution < 1.29 is 24.3 Å². The minimum absolute atomic E-state index is 0.0561. The molecule has 0 aliphatic carbocycles. The third-order valence-corrected chi connectivity index (χ3v) is 5.95. The summed E-state index contributed by atoms with van der Waals surface area (Å²) in [5.41, 5.74) is 26.9. The minimum Gasteiger partial charge on any atom is -0.480 e. The van der Waals surface area contributed by atoms with E-state index in [0.29, 0.717) is 18.6 Å². The van der Waals surface area contributed by atoms with Crippen molar-refractivity contribution in [3.8, 4) is 0 Å². The van der Waals surface area contributed by atoms with E-state index in [1.807, 2.05) is 6.26 Å². The fraction of sp³-hybridized carbons (Fsp3) is 0.700. The lowest BCUT2D eigenvalue weighted by molar-refractivity contribution is -0.142. The van der Waals surface area contributed by atoms with Gasteiger partial charge in [0.2, 0.25) is 17.7 Å². The van der Waals surface area contributed by atoms with Crippen LogP contribution in [0.15, 0.2) is 9.98 Å². The highest BCUT2D eigenvalue weighted by Crippen LogP contribution is 2.07. The third kappa shape index (κ3) is 15.7. The summed E-state index contributed by atoms with van der Waals surface area (Å²) < 4.78 is 0. The number of carbonyl (C=O) groups excluding carboxylic acids is 3. The SMILES string of the molecule is CSCCC(NC(=O)C(N)CS)C(=O)NC(CCCN=C(N)N)C(=O)NC(CCCN=C(N)N)C(=O)O. The maximum atomic E-state index is 13.0. The number of hydrogen-bond donors (Lipinski definition) is 10. The number of amides is 3. The Morgan fingerprint density at radius 1 is 0.811 bits per heavy atom. The van der Waals surface area contributed by atoms with E-state index in [0.717, 1.165) is 0 Å². The number of aliphatic carboxylic acids is 1. The van der Waals surface area contributed by atoms with Crippen molar-refractivity contribution >= 4 is 60.0 Å². The highest BCUT2D eigenvalue weighted by molar-refractivity contribution is 7.98. The number of nitrogens with zero attached hydrogens (tertiary/aromatic N) is 2. The molecule has 0 heterocycles. The van der Waals surface area contributed by atoms with E-state index >= 15 is 0 Å². The van der Waals surface area contributed by atoms with Gasteiger partial charge in [-0.1, -0.05) is 0 Å². The first-order valence-corrected chi connectivity index (χ1v) is 13.6. The summed E-state index contributed by atoms with van der Waals surface area (Å²) in [5.74, 6) is -2.77. The summed E-state index contributed by atoms with van der Waals surface area (Å²) in [5, 5.41) is 17.2. The van der Waals surface area contributed by atoms with Crippen LogP contribution in [0.3, 0.4) is 0 Å². The second-order valence-electron chi connectivity index (χ2n) is 7.99. The van der Waals surface area contributed by atoms with Gasteiger partial charge in [0.25, 0.3) is 0 Å². The quantitative estimate of drug-likeness (QED) is 0.0320. The Morgan fingerprint density at radius 3 is 1.68 bits per heavy atom. The Balaban J connectivity index is 5.55. The molecule has 15 nitrogen and oxygen atoms in total. The van der Waals surface area contributed by atoms with Gasteiger partial charge < -0.3 is 49.7 Å². The number of guanidine groups is 2. The number of nitrogens with one attached hydrogen (secondary N) is 3. The molecule has 0 aliphatic rings. The molecule has 0 aromatic carbocycles. The Bertz CT molecular complexity index is 806. The van der Waals surface area contributed by atoms with Crippen LogP contribution in [0.1, 0.15) is 32.1 Å². The van der Waals surface area contributed by atoms with Gasteiger partial charge in [0.15, 0.2) is 11.9 Å². The fourth-order valence-electron chi connectivity index (χ4n) is 2.94. The maximum absolute atomic E-state index is 13.0. The van der Waals surface area contributed by atoms with Gasteiger partial charge in [-0.25, -0.2) is 4.79 Å². The lowest BCUT2D eigenvalue weighted by atomic mass is 10.1. The fourth-order valence-corrected chi connectivity index (χ4v) is 3.58. The van der Waals surface area contributed by atoms with E-state index in [1.165, 1.54) is 11.8 Å². The van der Waals surface area contributed by atoms with E-state index in [4.69, 9.17) is 28.7 Å². The minimum atomic E-state index is -1.26. The van der Waals surface area contributed by atoms with Crippen molar-refractivity contribution in [2.45, 2.75) is 56.3 Å². The normalized spacial score (nSPS) is 13.8. The summed E-state index contributed by atoms with van der Waals surface area (Å²) in [6, 6.07) is -4.23. The first-order chi connectivity index (χ1) is 17.4. The second-order valence-corrected chi connectivity index (χ2v) is 9.34. The summed E-state index contributed by atoms with van der Waals surface area (Å²) >= 11 is 5.46. The van der Waals surface area contributed by atoms with E-state index in [2.05, 4.69) is 38.6 Å². The molecule has 4 unspecified atom stereocenters. The summed E-state index contributed by atoms with van der Waals surface area (Å²) in [6.07, 6.45) is 2.89. The van der Waals surface area contributed by atoms with Crippen LogP contribution in [0.2, 0.25) is 0 Å². The molecule has 0 saturated heterocycles. The van der Waals surface area contributed by atoms with Gasteiger partial charge in [-0.05, 0) is 44.1 Å². The zero-order valence-corrected chi connectivity index (χ0v) is 22.6. The molecule has 3 amide bonds. The van der Waals surface area contributed by atoms with Gasteiger partial charge in [0.1, 0.15) is 18.1 Å². The number of rotatable bonds is 19. The number of carboxylic acid groups (broad SMARTS) is 1. The van der Waals surface area contributed by atoms with Crippen LogP contribution < -0.4 is 44.6 Å². The number of carboxylic acids is 1. The van der Waals surface area contributed by atoms with E-state index in [9.17, 15) is 24.3 Å². The Hall–Kier alpha value is -2.92. The second kappa shape index (κ2) is 19.2. The number of thiol groups is 1. The highest BCUT2D eigenvalue weighted by Gasteiger charge is 2.29. The molecule has 14 N–H and O–H groups in total. The molecule has 0 radical (unpaired) electrons. The molecular weight excluding hydrogens is 524 g/mol. The smallest absolute Gasteiger partial charge is 0.326 e. The van der Waals surface area contributed by atoms with E-state index < -0.39 is 47.9 Å². The number of carbonyl (C=O) groups is 4. The molecular formula is C20H40N10O5S2. The zero-order chi connectivity index (χ0) is 28.4. The lowest BCUT2D eigenvalue weighted by Gasteiger charge is -2.25. The predicted octanol–water partition coefficient (Wildman–Crippen LogP) is -3.36. The van der Waals surface area contributed by atoms with Gasteiger partial charge in [-0.15, -0.1) is 0 Å². The van der Waals surface area contributed by atoms with Crippen molar-refractivity contribution in [3.05, 3.63) is 0 Å². The molecule has 0 aliphatic heterocycles. The van der Waals surface area contributed by atoms with Crippen molar-refractivity contribution in [1.29, 1.82) is 0 Å². The van der Waals surface area contributed by atoms with Crippen molar-refractivity contribution in [1.82, 2.24) is 16.0 Å². The van der Waals surface area contributed by atoms with Crippen LogP contribution in [0, 0.1) is 0 Å². The van der Waals surface area contributed by atoms with Crippen LogP contribution in [-0.4, -0.2) is 95.7 Å². The Labute approximate surface area is 226 Å². The van der Waals surface area contributed by atoms with Crippen LogP contribution >= 0.6 is 24.4 Å². The molecule has 17 heteroatoms. The van der Waals surface area contributed by atoms with E-state index in [1.54, 1.807) is 0 Å². The Morgan fingerprint density at radius 2 is 1.24 bits per heavy atom. The molecule has 0 fully saturated rings. The molecule has 0 spiro atoms. The van der Waals surface area contributed by atoms with Gasteiger partial charge in [-0.2, -0.15) is 24.4 Å². The average Bonchev–Trinajstić information content (AvgIpc) is 2.83. The number of hydrogen-bond acceptors (Lipinski definition) is 9. The first-order valence-electron chi connectivity index (χ1n) is 11.5. The average molecular weight is 565 g/mol. The molecule has 0 bridgehead atoms. The molecule has 4 atom stereocenters. The molecule has 0 saturated carbocycles. The van der Waals surface area contributed by atoms with Crippen molar-refractivity contribution in [2.75, 3.05) is 30.9 Å². The van der Waals surface area contributed by atoms with Crippen LogP contribution in [0.4, 0.5) is 0 Å². The summed E-state index contributed by atoms with van der Waals surface area (Å²) in [4.78, 5) is 57.6. The lowest BCUT2D eigenvalue weighted by Crippen LogP contribution is -2.57. The van der Waals surface area contributed by atoms with Gasteiger partial charge in [0, 0.05) is 18.8 Å². The molecule has 37 heavy (non-hydrogen) atoms. The van der Waals surface area contributed by atoms with Crippen molar-refractivity contribution in [2.24, 2.45) is 38.7 Å². The zero-order valence-electron chi connectivity index (χ0n) is 20.9. The van der Waals surface area contributed by atoms with Crippen LogP contribution in [-0.2, 0) is 19.2 Å². The van der Waals surface area contributed by atoms with Crippen LogP contribution in [0.5, 0.6) is 0 Å². The largest absolute Gasteiger partial charge is 0.480 e. The van der Waals surface area contributed by atoms with Crippen LogP contribution in [0.25, 0.3) is 0 Å². The first kappa shape index (κ1) is 34.1. The standard InChI is InChI=1S/C20H40N10O5S2/c1-37-9-6-13(28-15(31)11(21)10-36)17(33)29-12(4-2-7-26-19(22)23)16(32)30-14(18(34)35)5-3-8-27-20(24)25/h11-14,36H,2-10,21H2,1H3,(H,28,31)(H,29,33)(H,30,32)(H,34,35)(H4,22,23,26)(H4,24,25,27). The molecule has 0 rings (SSSR count). The number of thioether (sulfide) groups is 1. The van der Waals surface area contributed by atoms with Gasteiger partial charge in [-0.3, -0.25) is 24.4 Å². The number of aliphatic imine (C=N–C) groups is 2. The maximum Gasteiger partial charge on any atom is 0.326 e. The Kier molecular flexibility index (Phi) is 17.7. The highest BCUT2D eigenvalue weighted by atomic mass is 32.2. The molecule has 0 aromatic rings. The third-order valence-electron chi connectivity index (χ3n) is 4.92. The van der Waals surface area contributed by atoms with E-state index in [-0.39, 0.29) is 50.0 Å². The van der Waals surface area contributed by atoms with Gasteiger partial charge >= 0.3 is 5.97 Å². The van der Waals surface area contributed by atoms with Gasteiger partial charge in [0.05, 0.1) is 6.04 Å². The topological polar surface area (TPSA) is 279 Å². The summed E-state index contributed by atoms with van der Waals surface area (Å²) in [6.45, 7) is 0.373. The number of nitrogens with two attached hydrogens (primary N) is 5. The molecule has 0 aromatic heterocycles. The predicted molar refractivity (Wildman–Crippen MR) is 148 cm³/mol. The summed E-state index contributed by atoms with van der Waals surface area (Å²) in [7, 11) is 0.